The number of likely N-dealkylation sites (tertiary alicyclic amines) is 1. The fraction of sp³-hybridized carbons (Fsp3) is 0.368. The number of rotatable bonds is 4. The number of Topliss-reactive ketones (excluding diaryl/α,β-unsaturated/α-hetero) is 1. The predicted molar refractivity (Wildman–Crippen MR) is 92.8 cm³/mol. The zero-order valence-corrected chi connectivity index (χ0v) is 14.1. The highest BCUT2D eigenvalue weighted by Gasteiger charge is 2.27. The molecule has 1 aromatic carbocycles. The van der Waals surface area contributed by atoms with Gasteiger partial charge in [0.2, 0.25) is 5.91 Å². The lowest BCUT2D eigenvalue weighted by atomic mass is 9.88. The van der Waals surface area contributed by atoms with Crippen molar-refractivity contribution in [2.75, 3.05) is 13.1 Å². The molecule has 2 heterocycles. The van der Waals surface area contributed by atoms with E-state index in [1.165, 1.54) is 0 Å². The van der Waals surface area contributed by atoms with Gasteiger partial charge in [0.15, 0.2) is 5.78 Å². The van der Waals surface area contributed by atoms with Crippen molar-refractivity contribution in [1.29, 1.82) is 0 Å². The summed E-state index contributed by atoms with van der Waals surface area (Å²) in [6.45, 7) is 3.39. The van der Waals surface area contributed by atoms with Gasteiger partial charge >= 0.3 is 0 Å². The molecule has 1 aliphatic rings. The molecular formula is C19H21NO2S. The van der Waals surface area contributed by atoms with Crippen molar-refractivity contribution < 1.29 is 9.59 Å². The Morgan fingerprint density at radius 3 is 2.43 bits per heavy atom. The second kappa shape index (κ2) is 7.09. The molecule has 3 rings (SSSR count). The number of piperidine rings is 1. The van der Waals surface area contributed by atoms with Gasteiger partial charge in [0.1, 0.15) is 0 Å². The van der Waals surface area contributed by atoms with Gasteiger partial charge in [0.05, 0.1) is 6.42 Å². The van der Waals surface area contributed by atoms with Gasteiger partial charge in [-0.1, -0.05) is 35.9 Å². The van der Waals surface area contributed by atoms with Crippen LogP contribution in [-0.4, -0.2) is 29.7 Å². The first-order chi connectivity index (χ1) is 11.1. The van der Waals surface area contributed by atoms with Crippen LogP contribution in [-0.2, 0) is 11.2 Å². The van der Waals surface area contributed by atoms with Crippen LogP contribution in [0.4, 0.5) is 0 Å². The molecule has 2 aromatic rings. The van der Waals surface area contributed by atoms with E-state index in [0.717, 1.165) is 28.8 Å². The third-order valence-corrected chi connectivity index (χ3v) is 5.34. The van der Waals surface area contributed by atoms with Gasteiger partial charge in [-0.25, -0.2) is 0 Å². The molecule has 0 saturated carbocycles. The fourth-order valence-corrected chi connectivity index (χ4v) is 3.71. The van der Waals surface area contributed by atoms with Crippen LogP contribution in [0.1, 0.15) is 33.6 Å². The molecule has 120 valence electrons. The highest BCUT2D eigenvalue weighted by Crippen LogP contribution is 2.23. The number of carbonyl (C=O) groups excluding carboxylic acids is 2. The smallest absolute Gasteiger partial charge is 0.227 e. The predicted octanol–water partition coefficient (Wildman–Crippen LogP) is 3.72. The summed E-state index contributed by atoms with van der Waals surface area (Å²) in [7, 11) is 0. The summed E-state index contributed by atoms with van der Waals surface area (Å²) in [6, 6.07) is 11.7. The second-order valence-electron chi connectivity index (χ2n) is 6.14. The molecule has 0 atom stereocenters. The molecule has 0 N–H and O–H groups in total. The van der Waals surface area contributed by atoms with Gasteiger partial charge in [0.25, 0.3) is 0 Å². The summed E-state index contributed by atoms with van der Waals surface area (Å²) in [5, 5.41) is 2.00. The SMILES string of the molecule is Cc1ccc(C(=O)C2CCN(C(=O)Cc3cccs3)CC2)cc1. The number of carbonyl (C=O) groups is 2. The van der Waals surface area contributed by atoms with E-state index in [-0.39, 0.29) is 17.6 Å². The molecule has 0 unspecified atom stereocenters. The van der Waals surface area contributed by atoms with Crippen molar-refractivity contribution in [2.45, 2.75) is 26.2 Å². The van der Waals surface area contributed by atoms with Crippen molar-refractivity contribution in [1.82, 2.24) is 4.90 Å². The van der Waals surface area contributed by atoms with Gasteiger partial charge in [-0.3, -0.25) is 9.59 Å². The Balaban J connectivity index is 1.54. The zero-order valence-electron chi connectivity index (χ0n) is 13.3. The Morgan fingerprint density at radius 1 is 1.13 bits per heavy atom. The average Bonchev–Trinajstić information content (AvgIpc) is 3.08. The van der Waals surface area contributed by atoms with Crippen molar-refractivity contribution >= 4 is 23.0 Å². The molecule has 23 heavy (non-hydrogen) atoms. The quantitative estimate of drug-likeness (QED) is 0.803. The van der Waals surface area contributed by atoms with Gasteiger partial charge in [-0.15, -0.1) is 11.3 Å². The molecule has 0 aliphatic carbocycles. The second-order valence-corrected chi connectivity index (χ2v) is 7.17. The van der Waals surface area contributed by atoms with E-state index in [1.807, 2.05) is 53.6 Å². The maximum absolute atomic E-state index is 12.5. The number of amides is 1. The molecule has 1 saturated heterocycles. The van der Waals surface area contributed by atoms with E-state index >= 15 is 0 Å². The van der Waals surface area contributed by atoms with E-state index < -0.39 is 0 Å². The summed E-state index contributed by atoms with van der Waals surface area (Å²) >= 11 is 1.62. The topological polar surface area (TPSA) is 37.4 Å². The highest BCUT2D eigenvalue weighted by atomic mass is 32.1. The van der Waals surface area contributed by atoms with Crippen molar-refractivity contribution in [2.24, 2.45) is 5.92 Å². The van der Waals surface area contributed by atoms with Gasteiger partial charge in [-0.05, 0) is 31.2 Å². The van der Waals surface area contributed by atoms with E-state index in [2.05, 4.69) is 0 Å². The maximum atomic E-state index is 12.5. The van der Waals surface area contributed by atoms with Crippen LogP contribution < -0.4 is 0 Å². The molecule has 1 fully saturated rings. The number of aryl methyl sites for hydroxylation is 1. The number of hydrogen-bond donors (Lipinski definition) is 0. The Labute approximate surface area is 140 Å². The minimum absolute atomic E-state index is 0.0449. The molecule has 0 spiro atoms. The minimum Gasteiger partial charge on any atom is -0.342 e. The van der Waals surface area contributed by atoms with Crippen LogP contribution in [0.15, 0.2) is 41.8 Å². The van der Waals surface area contributed by atoms with Gasteiger partial charge in [0, 0.05) is 29.4 Å². The molecule has 1 aliphatic heterocycles. The summed E-state index contributed by atoms with van der Waals surface area (Å²) in [4.78, 5) is 27.8. The van der Waals surface area contributed by atoms with Crippen LogP contribution in [0, 0.1) is 12.8 Å². The van der Waals surface area contributed by atoms with E-state index in [0.29, 0.717) is 19.5 Å². The van der Waals surface area contributed by atoms with Gasteiger partial charge in [-0.2, -0.15) is 0 Å². The Hall–Kier alpha value is -1.94. The zero-order chi connectivity index (χ0) is 16.2. The largest absolute Gasteiger partial charge is 0.342 e. The number of ketones is 1. The van der Waals surface area contributed by atoms with Crippen LogP contribution >= 0.6 is 11.3 Å². The first-order valence-corrected chi connectivity index (χ1v) is 8.92. The van der Waals surface area contributed by atoms with Crippen LogP contribution in [0.3, 0.4) is 0 Å². The standard InChI is InChI=1S/C19H21NO2S/c1-14-4-6-15(7-5-14)19(22)16-8-10-20(11-9-16)18(21)13-17-3-2-12-23-17/h2-7,12,16H,8-11,13H2,1H3. The molecular weight excluding hydrogens is 306 g/mol. The fourth-order valence-electron chi connectivity index (χ4n) is 3.02. The lowest BCUT2D eigenvalue weighted by Gasteiger charge is -2.31. The van der Waals surface area contributed by atoms with Crippen LogP contribution in [0.5, 0.6) is 0 Å². The molecule has 1 amide bonds. The van der Waals surface area contributed by atoms with Crippen molar-refractivity contribution in [3.8, 4) is 0 Å². The highest BCUT2D eigenvalue weighted by molar-refractivity contribution is 7.10. The van der Waals surface area contributed by atoms with Crippen molar-refractivity contribution in [3.05, 3.63) is 57.8 Å². The van der Waals surface area contributed by atoms with E-state index in [9.17, 15) is 9.59 Å². The first kappa shape index (κ1) is 15.9. The maximum Gasteiger partial charge on any atom is 0.227 e. The molecule has 1 aromatic heterocycles. The Kier molecular flexibility index (Phi) is 4.91. The normalized spacial score (nSPS) is 15.6. The molecule has 0 radical (unpaired) electrons. The lowest BCUT2D eigenvalue weighted by molar-refractivity contribution is -0.131. The number of benzene rings is 1. The summed E-state index contributed by atoms with van der Waals surface area (Å²) in [5.74, 6) is 0.438. The third-order valence-electron chi connectivity index (χ3n) is 4.46. The summed E-state index contributed by atoms with van der Waals surface area (Å²) < 4.78 is 0. The molecule has 4 heteroatoms. The van der Waals surface area contributed by atoms with Gasteiger partial charge < -0.3 is 4.90 Å². The summed E-state index contributed by atoms with van der Waals surface area (Å²) in [5.41, 5.74) is 1.95. The Morgan fingerprint density at radius 2 is 1.83 bits per heavy atom. The Bertz CT molecular complexity index is 668. The molecule has 3 nitrogen and oxygen atoms in total. The number of hydrogen-bond acceptors (Lipinski definition) is 3. The monoisotopic (exact) mass is 327 g/mol. The summed E-state index contributed by atoms with van der Waals surface area (Å²) in [6.07, 6.45) is 2.01. The molecule has 0 bridgehead atoms. The average molecular weight is 327 g/mol. The van der Waals surface area contributed by atoms with Crippen LogP contribution in [0.25, 0.3) is 0 Å². The van der Waals surface area contributed by atoms with Crippen molar-refractivity contribution in [3.63, 3.8) is 0 Å². The minimum atomic E-state index is 0.0449. The van der Waals surface area contributed by atoms with E-state index in [4.69, 9.17) is 0 Å². The van der Waals surface area contributed by atoms with E-state index in [1.54, 1.807) is 11.3 Å². The first-order valence-electron chi connectivity index (χ1n) is 8.04. The van der Waals surface area contributed by atoms with Crippen LogP contribution in [0.2, 0.25) is 0 Å². The lowest BCUT2D eigenvalue weighted by Crippen LogP contribution is -2.40. The number of thiophene rings is 1. The third kappa shape index (κ3) is 3.88. The number of nitrogens with zero attached hydrogens (tertiary/aromatic N) is 1.